The number of rotatable bonds is 2. The lowest BCUT2D eigenvalue weighted by molar-refractivity contribution is -0.134. The van der Waals surface area contributed by atoms with Gasteiger partial charge in [-0.15, -0.1) is 0 Å². The minimum Gasteiger partial charge on any atom is -0.378 e. The fraction of sp³-hybridized carbons (Fsp3) is 0.357. The molecule has 0 radical (unpaired) electrons. The number of Topliss-reactive ketones (excluding diaryl/α,β-unsaturated/α-hetero) is 1. The van der Waals surface area contributed by atoms with Gasteiger partial charge in [-0.25, -0.2) is 0 Å². The molecule has 0 atom stereocenters. The van der Waals surface area contributed by atoms with E-state index in [1.807, 2.05) is 0 Å². The first-order chi connectivity index (χ1) is 10.1. The fourth-order valence-corrected chi connectivity index (χ4v) is 2.79. The van der Waals surface area contributed by atoms with E-state index in [2.05, 4.69) is 0 Å². The Kier molecular flexibility index (Phi) is 3.65. The van der Waals surface area contributed by atoms with Crippen molar-refractivity contribution in [3.8, 4) is 0 Å². The van der Waals surface area contributed by atoms with Gasteiger partial charge in [-0.3, -0.25) is 19.3 Å². The summed E-state index contributed by atoms with van der Waals surface area (Å²) in [4.78, 5) is 39.0. The van der Waals surface area contributed by atoms with E-state index in [9.17, 15) is 14.4 Å². The predicted octanol–water partition coefficient (Wildman–Crippen LogP) is 0.728. The van der Waals surface area contributed by atoms with Crippen LogP contribution in [-0.4, -0.2) is 55.3 Å². The average molecular weight is 309 g/mol. The molecule has 1 saturated heterocycles. The van der Waals surface area contributed by atoms with Gasteiger partial charge in [0, 0.05) is 13.1 Å². The van der Waals surface area contributed by atoms with Gasteiger partial charge in [0.1, 0.15) is 6.54 Å². The SMILES string of the molecule is O=C1C(=O)N(CC(=O)N2CCOCC2)c2c(Cl)cccc21. The van der Waals surface area contributed by atoms with Crippen LogP contribution in [0.25, 0.3) is 0 Å². The number of benzene rings is 1. The molecule has 0 saturated carbocycles. The van der Waals surface area contributed by atoms with Crippen molar-refractivity contribution in [2.24, 2.45) is 0 Å². The van der Waals surface area contributed by atoms with Gasteiger partial charge in [0.2, 0.25) is 5.91 Å². The standard InChI is InChI=1S/C14H13ClN2O4/c15-10-3-1-2-9-12(10)17(14(20)13(9)19)8-11(18)16-4-6-21-7-5-16/h1-3H,4-8H2. The number of nitrogens with zero attached hydrogens (tertiary/aromatic N) is 2. The Labute approximate surface area is 126 Å². The summed E-state index contributed by atoms with van der Waals surface area (Å²) in [5.74, 6) is -1.55. The number of ether oxygens (including phenoxy) is 1. The van der Waals surface area contributed by atoms with Crippen LogP contribution in [0.4, 0.5) is 5.69 Å². The molecule has 1 fully saturated rings. The van der Waals surface area contributed by atoms with Crippen LogP contribution in [-0.2, 0) is 14.3 Å². The maximum absolute atomic E-state index is 12.2. The van der Waals surface area contributed by atoms with Crippen molar-refractivity contribution in [2.45, 2.75) is 0 Å². The number of para-hydroxylation sites is 1. The second-order valence-electron chi connectivity index (χ2n) is 4.85. The van der Waals surface area contributed by atoms with Crippen LogP contribution in [0.2, 0.25) is 5.02 Å². The summed E-state index contributed by atoms with van der Waals surface area (Å²) >= 11 is 6.07. The number of amides is 2. The fourth-order valence-electron chi connectivity index (χ4n) is 2.51. The van der Waals surface area contributed by atoms with Crippen LogP contribution < -0.4 is 4.90 Å². The number of anilines is 1. The van der Waals surface area contributed by atoms with E-state index in [1.54, 1.807) is 23.1 Å². The summed E-state index contributed by atoms with van der Waals surface area (Å²) in [6.45, 7) is 1.77. The maximum atomic E-state index is 12.2. The van der Waals surface area contributed by atoms with Gasteiger partial charge in [-0.05, 0) is 12.1 Å². The van der Waals surface area contributed by atoms with Crippen molar-refractivity contribution in [1.82, 2.24) is 4.90 Å². The molecular weight excluding hydrogens is 296 g/mol. The third kappa shape index (κ3) is 2.41. The highest BCUT2D eigenvalue weighted by atomic mass is 35.5. The highest BCUT2D eigenvalue weighted by molar-refractivity contribution is 6.54. The molecule has 0 bridgehead atoms. The summed E-state index contributed by atoms with van der Waals surface area (Å²) in [5.41, 5.74) is 0.582. The van der Waals surface area contributed by atoms with E-state index < -0.39 is 11.7 Å². The third-order valence-corrected chi connectivity index (χ3v) is 3.90. The number of fused-ring (bicyclic) bond motifs is 1. The van der Waals surface area contributed by atoms with Crippen molar-refractivity contribution in [3.05, 3.63) is 28.8 Å². The van der Waals surface area contributed by atoms with Crippen LogP contribution in [0, 0.1) is 0 Å². The second kappa shape index (κ2) is 5.46. The Balaban J connectivity index is 1.84. The maximum Gasteiger partial charge on any atom is 0.300 e. The normalized spacial score (nSPS) is 18.1. The van der Waals surface area contributed by atoms with E-state index in [0.29, 0.717) is 37.0 Å². The topological polar surface area (TPSA) is 66.9 Å². The molecule has 7 heteroatoms. The molecule has 2 aliphatic rings. The summed E-state index contributed by atoms with van der Waals surface area (Å²) in [6.07, 6.45) is 0. The van der Waals surface area contributed by atoms with Gasteiger partial charge >= 0.3 is 0 Å². The van der Waals surface area contributed by atoms with Gasteiger partial charge in [-0.1, -0.05) is 17.7 Å². The summed E-state index contributed by atoms with van der Waals surface area (Å²) < 4.78 is 5.18. The van der Waals surface area contributed by atoms with Crippen molar-refractivity contribution >= 4 is 34.9 Å². The Morgan fingerprint density at radius 1 is 1.24 bits per heavy atom. The quantitative estimate of drug-likeness (QED) is 0.755. The van der Waals surface area contributed by atoms with Crippen molar-refractivity contribution in [3.63, 3.8) is 0 Å². The lowest BCUT2D eigenvalue weighted by Crippen LogP contribution is -2.47. The zero-order chi connectivity index (χ0) is 15.0. The average Bonchev–Trinajstić information content (AvgIpc) is 2.74. The molecule has 1 aromatic carbocycles. The number of hydrogen-bond donors (Lipinski definition) is 0. The molecule has 3 rings (SSSR count). The van der Waals surface area contributed by atoms with Gasteiger partial charge in [0.15, 0.2) is 0 Å². The number of carbonyl (C=O) groups excluding carboxylic acids is 3. The van der Waals surface area contributed by atoms with E-state index in [4.69, 9.17) is 16.3 Å². The van der Waals surface area contributed by atoms with Crippen molar-refractivity contribution in [2.75, 3.05) is 37.7 Å². The molecule has 21 heavy (non-hydrogen) atoms. The first-order valence-corrected chi connectivity index (χ1v) is 6.97. The zero-order valence-electron chi connectivity index (χ0n) is 11.2. The second-order valence-corrected chi connectivity index (χ2v) is 5.26. The smallest absolute Gasteiger partial charge is 0.300 e. The predicted molar refractivity (Wildman–Crippen MR) is 75.5 cm³/mol. The van der Waals surface area contributed by atoms with Crippen molar-refractivity contribution < 1.29 is 19.1 Å². The highest BCUT2D eigenvalue weighted by Crippen LogP contribution is 2.35. The summed E-state index contributed by atoms with van der Waals surface area (Å²) in [6, 6.07) is 4.75. The van der Waals surface area contributed by atoms with Gasteiger partial charge in [-0.2, -0.15) is 0 Å². The largest absolute Gasteiger partial charge is 0.378 e. The van der Waals surface area contributed by atoms with Crippen LogP contribution in [0.1, 0.15) is 10.4 Å². The Hall–Kier alpha value is -1.92. The lowest BCUT2D eigenvalue weighted by atomic mass is 10.1. The molecule has 0 unspecified atom stereocenters. The number of carbonyl (C=O) groups is 3. The lowest BCUT2D eigenvalue weighted by Gasteiger charge is -2.28. The first-order valence-electron chi connectivity index (χ1n) is 6.60. The van der Waals surface area contributed by atoms with E-state index in [-0.39, 0.29) is 18.0 Å². The van der Waals surface area contributed by atoms with Crippen LogP contribution in [0.5, 0.6) is 0 Å². The molecule has 2 aliphatic heterocycles. The minimum atomic E-state index is -0.709. The number of halogens is 1. The number of hydrogen-bond acceptors (Lipinski definition) is 4. The van der Waals surface area contributed by atoms with Gasteiger partial charge in [0.25, 0.3) is 11.7 Å². The molecule has 0 spiro atoms. The van der Waals surface area contributed by atoms with E-state index in [1.165, 1.54) is 0 Å². The molecule has 2 heterocycles. The Morgan fingerprint density at radius 3 is 2.67 bits per heavy atom. The van der Waals surface area contributed by atoms with Gasteiger partial charge in [0.05, 0.1) is 29.5 Å². The van der Waals surface area contributed by atoms with Crippen LogP contribution in [0.3, 0.4) is 0 Å². The molecule has 110 valence electrons. The highest BCUT2D eigenvalue weighted by Gasteiger charge is 2.38. The van der Waals surface area contributed by atoms with Gasteiger partial charge < -0.3 is 9.64 Å². The Bertz CT molecular complexity index is 625. The van der Waals surface area contributed by atoms with Crippen LogP contribution in [0.15, 0.2) is 18.2 Å². The third-order valence-electron chi connectivity index (χ3n) is 3.60. The molecular formula is C14H13ClN2O4. The van der Waals surface area contributed by atoms with Crippen molar-refractivity contribution in [1.29, 1.82) is 0 Å². The monoisotopic (exact) mass is 308 g/mol. The van der Waals surface area contributed by atoms with E-state index in [0.717, 1.165) is 4.90 Å². The molecule has 0 aromatic heterocycles. The minimum absolute atomic E-state index is 0.179. The molecule has 1 aromatic rings. The molecule has 0 aliphatic carbocycles. The van der Waals surface area contributed by atoms with E-state index >= 15 is 0 Å². The zero-order valence-corrected chi connectivity index (χ0v) is 11.9. The molecule has 0 N–H and O–H groups in total. The first kappa shape index (κ1) is 14.0. The summed E-state index contributed by atoms with van der Waals surface area (Å²) in [5, 5.41) is 0.293. The number of morpholine rings is 1. The molecule has 2 amide bonds. The summed E-state index contributed by atoms with van der Waals surface area (Å²) in [7, 11) is 0. The number of ketones is 1. The Morgan fingerprint density at radius 2 is 1.95 bits per heavy atom. The van der Waals surface area contributed by atoms with Crippen LogP contribution >= 0.6 is 11.6 Å². The molecule has 6 nitrogen and oxygen atoms in total.